The van der Waals surface area contributed by atoms with Gasteiger partial charge in [0.25, 0.3) is 5.56 Å². The molecule has 4 nitrogen and oxygen atoms in total. The van der Waals surface area contributed by atoms with Crippen LogP contribution >= 0.6 is 0 Å². The molecule has 1 aliphatic carbocycles. The number of nitriles is 1. The molecule has 1 aliphatic rings. The Hall–Kier alpha value is -2.54. The van der Waals surface area contributed by atoms with Gasteiger partial charge in [0.1, 0.15) is 17.4 Å². The Bertz CT molecular complexity index is 767. The monoisotopic (exact) mass is 281 g/mol. The summed E-state index contributed by atoms with van der Waals surface area (Å²) in [5, 5.41) is 9.37. The van der Waals surface area contributed by atoms with E-state index >= 15 is 0 Å². The smallest absolute Gasteiger partial charge is 0.266 e. The number of nitrogens with one attached hydrogen (secondary N) is 1. The van der Waals surface area contributed by atoms with Gasteiger partial charge >= 0.3 is 0 Å². The first-order valence-electron chi connectivity index (χ1n) is 7.07. The molecule has 0 atom stereocenters. The van der Waals surface area contributed by atoms with Crippen molar-refractivity contribution in [3.05, 3.63) is 51.4 Å². The molecule has 0 fully saturated rings. The van der Waals surface area contributed by atoms with Crippen molar-refractivity contribution < 1.29 is 4.74 Å². The van der Waals surface area contributed by atoms with Gasteiger partial charge in [-0.1, -0.05) is 12.1 Å². The highest BCUT2D eigenvalue weighted by molar-refractivity contribution is 5.74. The van der Waals surface area contributed by atoms with E-state index in [1.807, 2.05) is 24.3 Å². The van der Waals surface area contributed by atoms with Crippen LogP contribution in [-0.2, 0) is 12.8 Å². The van der Waals surface area contributed by atoms with Gasteiger partial charge in [-0.25, -0.2) is 0 Å². The summed E-state index contributed by atoms with van der Waals surface area (Å²) in [5.74, 6) is 0.760. The third-order valence-corrected chi connectivity index (χ3v) is 4.00. The van der Waals surface area contributed by atoms with Crippen LogP contribution in [0.5, 0.6) is 5.75 Å². The van der Waals surface area contributed by atoms with Gasteiger partial charge < -0.3 is 9.72 Å². The first-order valence-corrected chi connectivity index (χ1v) is 7.07. The summed E-state index contributed by atoms with van der Waals surface area (Å²) in [6, 6.07) is 9.59. The molecule has 0 amide bonds. The van der Waals surface area contributed by atoms with Crippen LogP contribution in [0.1, 0.15) is 29.7 Å². The largest absolute Gasteiger partial charge is 0.497 e. The number of rotatable bonds is 2. The van der Waals surface area contributed by atoms with E-state index in [4.69, 9.17) is 4.74 Å². The number of hydrogen-bond acceptors (Lipinski definition) is 3. The number of fused-ring (bicyclic) bond motifs is 1. The van der Waals surface area contributed by atoms with E-state index in [2.05, 4.69) is 11.1 Å². The molecule has 1 heterocycles. The van der Waals surface area contributed by atoms with Gasteiger partial charge in [0.05, 0.1) is 7.11 Å². The predicted molar refractivity (Wildman–Crippen MR) is 80.4 cm³/mol. The second-order valence-corrected chi connectivity index (χ2v) is 5.21. The molecule has 1 aromatic heterocycles. The molecule has 3 rings (SSSR count). The summed E-state index contributed by atoms with van der Waals surface area (Å²) in [7, 11) is 1.62. The molecule has 0 aliphatic heterocycles. The lowest BCUT2D eigenvalue weighted by molar-refractivity contribution is 0.415. The second-order valence-electron chi connectivity index (χ2n) is 5.21. The van der Waals surface area contributed by atoms with E-state index in [1.165, 1.54) is 0 Å². The third kappa shape index (κ3) is 2.31. The van der Waals surface area contributed by atoms with Gasteiger partial charge in [-0.15, -0.1) is 0 Å². The summed E-state index contributed by atoms with van der Waals surface area (Å²) in [4.78, 5) is 15.0. The molecule has 0 bridgehead atoms. The van der Waals surface area contributed by atoms with Crippen molar-refractivity contribution in [2.45, 2.75) is 25.7 Å². The van der Waals surface area contributed by atoms with E-state index < -0.39 is 0 Å². The van der Waals surface area contributed by atoms with Crippen molar-refractivity contribution >= 4 is 0 Å². The molecule has 0 unspecified atom stereocenters. The first-order chi connectivity index (χ1) is 10.2. The fourth-order valence-electron chi connectivity index (χ4n) is 2.97. The first kappa shape index (κ1) is 13.4. The topological polar surface area (TPSA) is 65.9 Å². The number of aryl methyl sites for hydroxylation is 1. The fourth-order valence-corrected chi connectivity index (χ4v) is 2.97. The Morgan fingerprint density at radius 3 is 2.57 bits per heavy atom. The number of aromatic nitrogens is 1. The van der Waals surface area contributed by atoms with Crippen LogP contribution in [0, 0.1) is 11.3 Å². The zero-order chi connectivity index (χ0) is 14.8. The molecule has 1 aromatic carbocycles. The van der Waals surface area contributed by atoms with Crippen LogP contribution in [-0.4, -0.2) is 12.1 Å². The van der Waals surface area contributed by atoms with Crippen molar-refractivity contribution in [2.75, 3.05) is 7.11 Å². The number of aromatic amines is 1. The molecular weight excluding hydrogens is 265 g/mol. The quantitative estimate of drug-likeness (QED) is 0.920. The molecular formula is C17H16N2O2. The van der Waals surface area contributed by atoms with Crippen molar-refractivity contribution in [3.8, 4) is 22.9 Å². The third-order valence-electron chi connectivity index (χ3n) is 4.00. The maximum absolute atomic E-state index is 12.1. The highest BCUT2D eigenvalue weighted by Gasteiger charge is 2.21. The molecule has 21 heavy (non-hydrogen) atoms. The Balaban J connectivity index is 2.26. The Morgan fingerprint density at radius 2 is 1.90 bits per heavy atom. The maximum atomic E-state index is 12.1. The Kier molecular flexibility index (Phi) is 3.49. The Morgan fingerprint density at radius 1 is 1.19 bits per heavy atom. The van der Waals surface area contributed by atoms with Crippen LogP contribution in [0.3, 0.4) is 0 Å². The molecule has 0 saturated heterocycles. The SMILES string of the molecule is COc1ccc(-c2c3c([nH]c(=O)[13c]2C#N)CCCC3)cc1. The number of H-pyrrole nitrogens is 1. The molecule has 106 valence electrons. The number of hydrogen-bond donors (Lipinski definition) is 1. The van der Waals surface area contributed by atoms with Crippen LogP contribution < -0.4 is 10.3 Å². The number of pyridine rings is 1. The number of nitrogens with zero attached hydrogens (tertiary/aromatic N) is 1. The van der Waals surface area contributed by atoms with Gasteiger partial charge in [0.2, 0.25) is 0 Å². The summed E-state index contributed by atoms with van der Waals surface area (Å²) >= 11 is 0. The van der Waals surface area contributed by atoms with E-state index in [0.29, 0.717) is 0 Å². The van der Waals surface area contributed by atoms with Gasteiger partial charge in [-0.2, -0.15) is 5.26 Å². The second kappa shape index (κ2) is 5.45. The molecule has 0 spiro atoms. The van der Waals surface area contributed by atoms with Crippen molar-refractivity contribution in [1.82, 2.24) is 4.98 Å². The zero-order valence-electron chi connectivity index (χ0n) is 11.9. The molecule has 2 aromatic rings. The standard InChI is InChI=1S/C17H16N2O2/c1-21-12-8-6-11(7-9-12)16-13-4-2-3-5-15(13)19-17(20)14(16)10-18/h6-9H,2-5H2,1H3,(H,19,20)/i14+1. The van der Waals surface area contributed by atoms with Gasteiger partial charge in [-0.3, -0.25) is 4.79 Å². The van der Waals surface area contributed by atoms with Crippen molar-refractivity contribution in [2.24, 2.45) is 0 Å². The molecule has 0 radical (unpaired) electrons. The minimum Gasteiger partial charge on any atom is -0.497 e. The summed E-state index contributed by atoms with van der Waals surface area (Å²) in [6.07, 6.45) is 3.95. The average molecular weight is 281 g/mol. The van der Waals surface area contributed by atoms with Gasteiger partial charge in [0.15, 0.2) is 0 Å². The highest BCUT2D eigenvalue weighted by atomic mass is 16.5. The summed E-state index contributed by atoms with van der Waals surface area (Å²) in [5.41, 5.74) is 3.71. The molecule has 4 heteroatoms. The van der Waals surface area contributed by atoms with E-state index in [1.54, 1.807) is 7.11 Å². The van der Waals surface area contributed by atoms with Crippen LogP contribution in [0.2, 0.25) is 0 Å². The van der Waals surface area contributed by atoms with Crippen molar-refractivity contribution in [1.29, 1.82) is 5.26 Å². The lowest BCUT2D eigenvalue weighted by Crippen LogP contribution is -2.20. The molecule has 1 N–H and O–H groups in total. The average Bonchev–Trinajstić information content (AvgIpc) is 2.53. The number of benzene rings is 1. The van der Waals surface area contributed by atoms with Crippen LogP contribution in [0.15, 0.2) is 29.1 Å². The van der Waals surface area contributed by atoms with Crippen LogP contribution in [0.4, 0.5) is 0 Å². The maximum Gasteiger partial charge on any atom is 0.266 e. The fraction of sp³-hybridized carbons (Fsp3) is 0.294. The highest BCUT2D eigenvalue weighted by Crippen LogP contribution is 2.32. The Labute approximate surface area is 123 Å². The predicted octanol–water partition coefficient (Wildman–Crippen LogP) is 2.80. The number of methoxy groups -OCH3 is 1. The van der Waals surface area contributed by atoms with Crippen molar-refractivity contribution in [3.63, 3.8) is 0 Å². The van der Waals surface area contributed by atoms with Gasteiger partial charge in [-0.05, 0) is 48.9 Å². The zero-order valence-corrected chi connectivity index (χ0v) is 11.9. The van der Waals surface area contributed by atoms with E-state index in [0.717, 1.165) is 53.8 Å². The summed E-state index contributed by atoms with van der Waals surface area (Å²) < 4.78 is 5.17. The normalized spacial score (nSPS) is 13.3. The minimum absolute atomic E-state index is 0.209. The summed E-state index contributed by atoms with van der Waals surface area (Å²) in [6.45, 7) is 0. The molecule has 0 saturated carbocycles. The minimum atomic E-state index is -0.288. The van der Waals surface area contributed by atoms with Gasteiger partial charge in [0, 0.05) is 11.3 Å². The van der Waals surface area contributed by atoms with E-state index in [9.17, 15) is 10.1 Å². The number of ether oxygens (including phenoxy) is 1. The van der Waals surface area contributed by atoms with Crippen LogP contribution in [0.25, 0.3) is 11.1 Å². The lowest BCUT2D eigenvalue weighted by atomic mass is 9.91. The lowest BCUT2D eigenvalue weighted by Gasteiger charge is -2.20. The van der Waals surface area contributed by atoms with E-state index in [-0.39, 0.29) is 11.1 Å².